The molecule has 3 amide bonds. The number of rotatable bonds is 3. The van der Waals surface area contributed by atoms with Gasteiger partial charge in [0.05, 0.1) is 5.56 Å². The lowest BCUT2D eigenvalue weighted by molar-refractivity contribution is 0.102. The van der Waals surface area contributed by atoms with Crippen LogP contribution in [0, 0.1) is 0 Å². The van der Waals surface area contributed by atoms with Crippen molar-refractivity contribution in [3.63, 3.8) is 0 Å². The maximum absolute atomic E-state index is 12.0. The molecule has 6 nitrogen and oxygen atoms in total. The Morgan fingerprint density at radius 1 is 0.850 bits per heavy atom. The van der Waals surface area contributed by atoms with E-state index in [0.29, 0.717) is 22.6 Å². The number of amides is 3. The van der Waals surface area contributed by atoms with Gasteiger partial charge in [-0.15, -0.1) is 0 Å². The third-order valence-corrected chi connectivity index (χ3v) is 2.62. The van der Waals surface area contributed by atoms with Gasteiger partial charge >= 0.3 is 6.03 Å². The second-order valence-corrected chi connectivity index (χ2v) is 4.11. The minimum absolute atomic E-state index is 0.293. The van der Waals surface area contributed by atoms with Crippen molar-refractivity contribution in [3.05, 3.63) is 54.1 Å². The zero-order chi connectivity index (χ0) is 14.5. The first kappa shape index (κ1) is 13.4. The van der Waals surface area contributed by atoms with Gasteiger partial charge in [-0.05, 0) is 36.4 Å². The number of primary amides is 1. The number of nitrogens with one attached hydrogen (secondary N) is 2. The van der Waals surface area contributed by atoms with Crippen molar-refractivity contribution in [3.8, 4) is 0 Å². The molecule has 0 aliphatic rings. The molecule has 2 rings (SSSR count). The number of nitrogen functional groups attached to an aromatic ring is 1. The second-order valence-electron chi connectivity index (χ2n) is 4.11. The van der Waals surface area contributed by atoms with Gasteiger partial charge in [-0.2, -0.15) is 0 Å². The van der Waals surface area contributed by atoms with Crippen LogP contribution in [0.2, 0.25) is 0 Å². The molecule has 6 heteroatoms. The van der Waals surface area contributed by atoms with Crippen LogP contribution in [0.4, 0.5) is 21.9 Å². The van der Waals surface area contributed by atoms with Crippen LogP contribution in [0.15, 0.2) is 48.5 Å². The molecule has 2 aromatic rings. The Morgan fingerprint density at radius 3 is 1.95 bits per heavy atom. The largest absolute Gasteiger partial charge is 0.398 e. The molecule has 0 unspecified atom stereocenters. The fourth-order valence-electron chi connectivity index (χ4n) is 1.68. The lowest BCUT2D eigenvalue weighted by Crippen LogP contribution is -2.19. The van der Waals surface area contributed by atoms with Gasteiger partial charge in [-0.3, -0.25) is 4.79 Å². The predicted molar refractivity (Wildman–Crippen MR) is 78.5 cm³/mol. The Kier molecular flexibility index (Phi) is 3.85. The Hall–Kier alpha value is -3.02. The third kappa shape index (κ3) is 3.26. The highest BCUT2D eigenvalue weighted by Crippen LogP contribution is 2.16. The summed E-state index contributed by atoms with van der Waals surface area (Å²) in [6.45, 7) is 0. The van der Waals surface area contributed by atoms with E-state index in [-0.39, 0.29) is 5.91 Å². The normalized spacial score (nSPS) is 9.80. The monoisotopic (exact) mass is 270 g/mol. The zero-order valence-electron chi connectivity index (χ0n) is 10.6. The topological polar surface area (TPSA) is 110 Å². The molecular formula is C14H14N4O2. The molecule has 0 heterocycles. The minimum Gasteiger partial charge on any atom is -0.398 e. The molecule has 0 bridgehead atoms. The maximum atomic E-state index is 12.0. The fourth-order valence-corrected chi connectivity index (χ4v) is 1.68. The Balaban J connectivity index is 2.09. The number of hydrogen-bond acceptors (Lipinski definition) is 3. The summed E-state index contributed by atoms with van der Waals surface area (Å²) in [4.78, 5) is 22.7. The first-order valence-corrected chi connectivity index (χ1v) is 5.88. The van der Waals surface area contributed by atoms with Gasteiger partial charge < -0.3 is 22.1 Å². The highest BCUT2D eigenvalue weighted by molar-refractivity contribution is 6.07. The van der Waals surface area contributed by atoms with Gasteiger partial charge in [0.1, 0.15) is 0 Å². The van der Waals surface area contributed by atoms with Crippen LogP contribution in [0.3, 0.4) is 0 Å². The minimum atomic E-state index is -0.640. The van der Waals surface area contributed by atoms with Gasteiger partial charge in [-0.25, -0.2) is 4.79 Å². The van der Waals surface area contributed by atoms with Crippen molar-refractivity contribution in [2.45, 2.75) is 0 Å². The van der Waals surface area contributed by atoms with Gasteiger partial charge in [0, 0.05) is 17.1 Å². The van der Waals surface area contributed by atoms with E-state index in [2.05, 4.69) is 10.6 Å². The van der Waals surface area contributed by atoms with Gasteiger partial charge in [0.2, 0.25) is 0 Å². The standard InChI is InChI=1S/C14H14N4O2/c15-12-4-2-1-3-11(12)13(19)17-9-5-7-10(8-6-9)18-14(16)20/h1-8H,15H2,(H,17,19)(H3,16,18,20). The summed E-state index contributed by atoms with van der Waals surface area (Å²) in [5, 5.41) is 5.15. The molecule has 0 fully saturated rings. The second kappa shape index (κ2) is 5.75. The summed E-state index contributed by atoms with van der Waals surface area (Å²) in [6.07, 6.45) is 0. The van der Waals surface area contributed by atoms with Crippen LogP contribution >= 0.6 is 0 Å². The Labute approximate surface area is 115 Å². The van der Waals surface area contributed by atoms with E-state index in [1.807, 2.05) is 0 Å². The molecule has 0 saturated heterocycles. The quantitative estimate of drug-likeness (QED) is 0.640. The lowest BCUT2D eigenvalue weighted by Gasteiger charge is -2.08. The number of carbonyl (C=O) groups excluding carboxylic acids is 2. The van der Waals surface area contributed by atoms with E-state index < -0.39 is 6.03 Å². The van der Waals surface area contributed by atoms with E-state index >= 15 is 0 Å². The third-order valence-electron chi connectivity index (χ3n) is 2.62. The zero-order valence-corrected chi connectivity index (χ0v) is 10.6. The molecule has 0 aromatic heterocycles. The summed E-state index contributed by atoms with van der Waals surface area (Å²) in [6, 6.07) is 12.7. The molecule has 0 radical (unpaired) electrons. The maximum Gasteiger partial charge on any atom is 0.316 e. The number of benzene rings is 2. The highest BCUT2D eigenvalue weighted by atomic mass is 16.2. The summed E-state index contributed by atoms with van der Waals surface area (Å²) < 4.78 is 0. The highest BCUT2D eigenvalue weighted by Gasteiger charge is 2.08. The number of nitrogens with two attached hydrogens (primary N) is 2. The van der Waals surface area contributed by atoms with Crippen molar-refractivity contribution in [1.29, 1.82) is 0 Å². The van der Waals surface area contributed by atoms with Crippen molar-refractivity contribution in [2.75, 3.05) is 16.4 Å². The predicted octanol–water partition coefficient (Wildman–Crippen LogP) is 2.01. The van der Waals surface area contributed by atoms with E-state index in [4.69, 9.17) is 11.5 Å². The molecular weight excluding hydrogens is 256 g/mol. The molecule has 0 atom stereocenters. The average Bonchev–Trinajstić information content (AvgIpc) is 2.41. The van der Waals surface area contributed by atoms with Gasteiger partial charge in [0.15, 0.2) is 0 Å². The molecule has 0 aliphatic carbocycles. The van der Waals surface area contributed by atoms with Crippen LogP contribution < -0.4 is 22.1 Å². The van der Waals surface area contributed by atoms with Gasteiger partial charge in [-0.1, -0.05) is 12.1 Å². The van der Waals surface area contributed by atoms with Crippen LogP contribution in [0.5, 0.6) is 0 Å². The fraction of sp³-hybridized carbons (Fsp3) is 0. The summed E-state index contributed by atoms with van der Waals surface area (Å²) in [5.41, 5.74) is 12.7. The lowest BCUT2D eigenvalue weighted by atomic mass is 10.1. The molecule has 6 N–H and O–H groups in total. The number of urea groups is 1. The van der Waals surface area contributed by atoms with Crippen molar-refractivity contribution < 1.29 is 9.59 Å². The summed E-state index contributed by atoms with van der Waals surface area (Å²) in [5.74, 6) is -0.293. The number of hydrogen-bond donors (Lipinski definition) is 4. The van der Waals surface area contributed by atoms with Crippen molar-refractivity contribution >= 4 is 29.0 Å². The van der Waals surface area contributed by atoms with Crippen molar-refractivity contribution in [2.24, 2.45) is 5.73 Å². The number of anilines is 3. The molecule has 102 valence electrons. The molecule has 20 heavy (non-hydrogen) atoms. The Morgan fingerprint density at radius 2 is 1.40 bits per heavy atom. The average molecular weight is 270 g/mol. The van der Waals surface area contributed by atoms with E-state index in [1.54, 1.807) is 48.5 Å². The molecule has 0 aliphatic heterocycles. The first-order chi connectivity index (χ1) is 9.56. The molecule has 2 aromatic carbocycles. The van der Waals surface area contributed by atoms with Gasteiger partial charge in [0.25, 0.3) is 5.91 Å². The number of para-hydroxylation sites is 1. The summed E-state index contributed by atoms with van der Waals surface area (Å²) in [7, 11) is 0. The summed E-state index contributed by atoms with van der Waals surface area (Å²) >= 11 is 0. The number of carbonyl (C=O) groups is 2. The Bertz CT molecular complexity index is 638. The molecule has 0 saturated carbocycles. The van der Waals surface area contributed by atoms with E-state index in [1.165, 1.54) is 0 Å². The smallest absolute Gasteiger partial charge is 0.316 e. The van der Waals surface area contributed by atoms with E-state index in [9.17, 15) is 9.59 Å². The first-order valence-electron chi connectivity index (χ1n) is 5.88. The van der Waals surface area contributed by atoms with Crippen molar-refractivity contribution in [1.82, 2.24) is 0 Å². The van der Waals surface area contributed by atoms with Crippen LogP contribution in [0.25, 0.3) is 0 Å². The van der Waals surface area contributed by atoms with Crippen LogP contribution in [-0.2, 0) is 0 Å². The SMILES string of the molecule is NC(=O)Nc1ccc(NC(=O)c2ccccc2N)cc1. The van der Waals surface area contributed by atoms with Crippen LogP contribution in [0.1, 0.15) is 10.4 Å². The van der Waals surface area contributed by atoms with Crippen LogP contribution in [-0.4, -0.2) is 11.9 Å². The van der Waals surface area contributed by atoms with E-state index in [0.717, 1.165) is 0 Å². The molecule has 0 spiro atoms.